The monoisotopic (exact) mass is 270 g/mol. The number of carboxylic acids is 1. The van der Waals surface area contributed by atoms with Gasteiger partial charge in [0.15, 0.2) is 0 Å². The maximum atomic E-state index is 11.3. The molecule has 0 aliphatic rings. The molecule has 2 N–H and O–H groups in total. The summed E-state index contributed by atoms with van der Waals surface area (Å²) in [6.07, 6.45) is 2.56. The molecule has 104 valence electrons. The van der Waals surface area contributed by atoms with Crippen molar-refractivity contribution in [3.8, 4) is 0 Å². The summed E-state index contributed by atoms with van der Waals surface area (Å²) >= 11 is 0. The molecular formula is C16H18N2O2. The third kappa shape index (κ3) is 4.17. The summed E-state index contributed by atoms with van der Waals surface area (Å²) in [6.45, 7) is 1.14. The molecule has 1 aromatic heterocycles. The van der Waals surface area contributed by atoms with E-state index >= 15 is 0 Å². The number of carbonyl (C=O) groups is 1. The molecule has 4 heteroatoms. The molecule has 2 rings (SSSR count). The van der Waals surface area contributed by atoms with Crippen LogP contribution in [0.5, 0.6) is 0 Å². The van der Waals surface area contributed by atoms with Crippen LogP contribution in [0, 0.1) is 0 Å². The molecule has 0 saturated heterocycles. The maximum Gasteiger partial charge on any atom is 0.312 e. The zero-order chi connectivity index (χ0) is 14.2. The Balaban J connectivity index is 1.83. The third-order valence-corrected chi connectivity index (χ3v) is 3.13. The Morgan fingerprint density at radius 2 is 1.90 bits per heavy atom. The minimum absolute atomic E-state index is 0.423. The van der Waals surface area contributed by atoms with E-state index in [1.165, 1.54) is 0 Å². The molecule has 0 saturated carbocycles. The first-order valence-electron chi connectivity index (χ1n) is 6.66. The van der Waals surface area contributed by atoms with Crippen molar-refractivity contribution < 1.29 is 9.90 Å². The van der Waals surface area contributed by atoms with Crippen molar-refractivity contribution in [3.63, 3.8) is 0 Å². The van der Waals surface area contributed by atoms with Crippen molar-refractivity contribution in [3.05, 3.63) is 66.0 Å². The highest BCUT2D eigenvalue weighted by Gasteiger charge is 2.18. The van der Waals surface area contributed by atoms with Gasteiger partial charge in [-0.25, -0.2) is 0 Å². The third-order valence-electron chi connectivity index (χ3n) is 3.13. The van der Waals surface area contributed by atoms with Crippen molar-refractivity contribution in [2.45, 2.75) is 12.3 Å². The van der Waals surface area contributed by atoms with E-state index in [0.29, 0.717) is 13.1 Å². The van der Waals surface area contributed by atoms with Crippen LogP contribution < -0.4 is 5.32 Å². The molecule has 1 aromatic carbocycles. The minimum atomic E-state index is -0.804. The zero-order valence-electron chi connectivity index (χ0n) is 11.2. The highest BCUT2D eigenvalue weighted by Crippen LogP contribution is 2.14. The highest BCUT2D eigenvalue weighted by molar-refractivity contribution is 5.76. The van der Waals surface area contributed by atoms with Gasteiger partial charge in [-0.15, -0.1) is 0 Å². The molecule has 0 bridgehead atoms. The molecular weight excluding hydrogens is 252 g/mol. The largest absolute Gasteiger partial charge is 0.481 e. The molecule has 0 fully saturated rings. The van der Waals surface area contributed by atoms with Gasteiger partial charge in [-0.05, 0) is 17.7 Å². The smallest absolute Gasteiger partial charge is 0.312 e. The Labute approximate surface area is 118 Å². The summed E-state index contributed by atoms with van der Waals surface area (Å²) < 4.78 is 0. The normalized spacial score (nSPS) is 12.0. The number of aromatic nitrogens is 1. The fraction of sp³-hybridized carbons (Fsp3) is 0.250. The predicted octanol–water partition coefficient (Wildman–Crippen LogP) is 2.08. The average Bonchev–Trinajstić information content (AvgIpc) is 2.49. The quantitative estimate of drug-likeness (QED) is 0.756. The van der Waals surface area contributed by atoms with Gasteiger partial charge in [-0.3, -0.25) is 9.78 Å². The van der Waals surface area contributed by atoms with Gasteiger partial charge in [0.1, 0.15) is 0 Å². The number of pyridine rings is 1. The molecule has 0 aliphatic carbocycles. The Morgan fingerprint density at radius 3 is 2.55 bits per heavy atom. The highest BCUT2D eigenvalue weighted by atomic mass is 16.4. The van der Waals surface area contributed by atoms with E-state index in [1.807, 2.05) is 48.5 Å². The van der Waals surface area contributed by atoms with Gasteiger partial charge in [-0.2, -0.15) is 0 Å². The Hall–Kier alpha value is -2.20. The Bertz CT molecular complexity index is 529. The van der Waals surface area contributed by atoms with Gasteiger partial charge in [0.25, 0.3) is 0 Å². The summed E-state index contributed by atoms with van der Waals surface area (Å²) in [6, 6.07) is 15.1. The number of hydrogen-bond donors (Lipinski definition) is 2. The molecule has 1 heterocycles. The lowest BCUT2D eigenvalue weighted by Gasteiger charge is -2.13. The molecule has 1 unspecified atom stereocenters. The lowest BCUT2D eigenvalue weighted by Crippen LogP contribution is -2.28. The number of benzene rings is 1. The van der Waals surface area contributed by atoms with E-state index < -0.39 is 11.9 Å². The molecule has 0 spiro atoms. The standard InChI is InChI=1S/C16H18N2O2/c19-16(20)15(13-6-2-1-3-7-13)12-17-11-9-14-8-4-5-10-18-14/h1-8,10,15,17H,9,11-12H2,(H,19,20). The van der Waals surface area contributed by atoms with E-state index in [2.05, 4.69) is 10.3 Å². The van der Waals surface area contributed by atoms with Crippen LogP contribution in [-0.4, -0.2) is 29.1 Å². The van der Waals surface area contributed by atoms with E-state index in [-0.39, 0.29) is 0 Å². The predicted molar refractivity (Wildman–Crippen MR) is 77.6 cm³/mol. The number of hydrogen-bond acceptors (Lipinski definition) is 3. The molecule has 4 nitrogen and oxygen atoms in total. The van der Waals surface area contributed by atoms with Crippen molar-refractivity contribution in [2.24, 2.45) is 0 Å². The Morgan fingerprint density at radius 1 is 1.15 bits per heavy atom. The zero-order valence-corrected chi connectivity index (χ0v) is 11.2. The SMILES string of the molecule is O=C(O)C(CNCCc1ccccn1)c1ccccc1. The van der Waals surface area contributed by atoms with Gasteiger partial charge in [0.05, 0.1) is 5.92 Å². The van der Waals surface area contributed by atoms with Crippen LogP contribution in [0.3, 0.4) is 0 Å². The van der Waals surface area contributed by atoms with Gasteiger partial charge >= 0.3 is 5.97 Å². The fourth-order valence-corrected chi connectivity index (χ4v) is 2.04. The fourth-order valence-electron chi connectivity index (χ4n) is 2.04. The topological polar surface area (TPSA) is 62.2 Å². The van der Waals surface area contributed by atoms with Crippen LogP contribution in [0.4, 0.5) is 0 Å². The number of nitrogens with zero attached hydrogens (tertiary/aromatic N) is 1. The van der Waals surface area contributed by atoms with Gasteiger partial charge < -0.3 is 10.4 Å². The van der Waals surface area contributed by atoms with Gasteiger partial charge in [-0.1, -0.05) is 36.4 Å². The van der Waals surface area contributed by atoms with Crippen molar-refractivity contribution >= 4 is 5.97 Å². The summed E-state index contributed by atoms with van der Waals surface area (Å²) in [5, 5.41) is 12.5. The molecule has 2 aromatic rings. The number of aliphatic carboxylic acids is 1. The number of nitrogens with one attached hydrogen (secondary N) is 1. The first-order chi connectivity index (χ1) is 9.77. The van der Waals surface area contributed by atoms with Gasteiger partial charge in [0, 0.05) is 31.4 Å². The summed E-state index contributed by atoms with van der Waals surface area (Å²) in [7, 11) is 0. The van der Waals surface area contributed by atoms with E-state index in [1.54, 1.807) is 6.20 Å². The van der Waals surface area contributed by atoms with Crippen molar-refractivity contribution in [1.82, 2.24) is 10.3 Å². The van der Waals surface area contributed by atoms with Crippen molar-refractivity contribution in [1.29, 1.82) is 0 Å². The second-order valence-corrected chi connectivity index (χ2v) is 4.58. The molecule has 1 atom stereocenters. The van der Waals surface area contributed by atoms with Crippen LogP contribution >= 0.6 is 0 Å². The second kappa shape index (κ2) is 7.40. The lowest BCUT2D eigenvalue weighted by molar-refractivity contribution is -0.138. The summed E-state index contributed by atoms with van der Waals surface area (Å²) in [5.41, 5.74) is 1.83. The average molecular weight is 270 g/mol. The minimum Gasteiger partial charge on any atom is -0.481 e. The van der Waals surface area contributed by atoms with E-state index in [9.17, 15) is 9.90 Å². The van der Waals surface area contributed by atoms with E-state index in [4.69, 9.17) is 0 Å². The number of rotatable bonds is 7. The molecule has 20 heavy (non-hydrogen) atoms. The van der Waals surface area contributed by atoms with Crippen LogP contribution in [0.1, 0.15) is 17.2 Å². The molecule has 0 radical (unpaired) electrons. The molecule has 0 amide bonds. The first-order valence-corrected chi connectivity index (χ1v) is 6.66. The van der Waals surface area contributed by atoms with Crippen LogP contribution in [0.2, 0.25) is 0 Å². The first kappa shape index (κ1) is 14.2. The number of carboxylic acid groups (broad SMARTS) is 1. The maximum absolute atomic E-state index is 11.3. The van der Waals surface area contributed by atoms with Crippen LogP contribution in [0.15, 0.2) is 54.7 Å². The van der Waals surface area contributed by atoms with Crippen LogP contribution in [0.25, 0.3) is 0 Å². The summed E-state index contributed by atoms with van der Waals surface area (Å²) in [4.78, 5) is 15.5. The lowest BCUT2D eigenvalue weighted by atomic mass is 9.99. The van der Waals surface area contributed by atoms with E-state index in [0.717, 1.165) is 17.7 Å². The van der Waals surface area contributed by atoms with Crippen LogP contribution in [-0.2, 0) is 11.2 Å². The van der Waals surface area contributed by atoms with Crippen molar-refractivity contribution in [2.75, 3.05) is 13.1 Å². The summed E-state index contributed by atoms with van der Waals surface area (Å²) in [5.74, 6) is -1.32. The second-order valence-electron chi connectivity index (χ2n) is 4.58. The molecule has 0 aliphatic heterocycles. The Kier molecular flexibility index (Phi) is 5.26. The van der Waals surface area contributed by atoms with Gasteiger partial charge in [0.2, 0.25) is 0 Å².